The quantitative estimate of drug-likeness (QED) is 0.676. The number of ether oxygens (including phenoxy) is 1. The molecule has 104 valence electrons. The average Bonchev–Trinajstić information content (AvgIpc) is 2.53. The molecule has 20 heavy (non-hydrogen) atoms. The van der Waals surface area contributed by atoms with Crippen molar-refractivity contribution in [3.05, 3.63) is 42.0 Å². The molecule has 3 nitrogen and oxygen atoms in total. The Morgan fingerprint density at radius 2 is 2.15 bits per heavy atom. The second kappa shape index (κ2) is 7.40. The first kappa shape index (κ1) is 14.2. The van der Waals surface area contributed by atoms with Gasteiger partial charge in [-0.05, 0) is 43.5 Å². The van der Waals surface area contributed by atoms with Gasteiger partial charge in [-0.15, -0.1) is 0 Å². The van der Waals surface area contributed by atoms with E-state index in [9.17, 15) is 4.79 Å². The molecule has 0 aliphatic heterocycles. The summed E-state index contributed by atoms with van der Waals surface area (Å²) in [7, 11) is 1.64. The fraction of sp³-hybridized carbons (Fsp3) is 0.353. The van der Waals surface area contributed by atoms with Gasteiger partial charge in [0.25, 0.3) is 0 Å². The molecule has 2 rings (SSSR count). The third kappa shape index (κ3) is 4.17. The van der Waals surface area contributed by atoms with Crippen LogP contribution in [0.15, 0.2) is 36.4 Å². The smallest absolute Gasteiger partial charge is 0.224 e. The lowest BCUT2D eigenvalue weighted by atomic mass is 9.94. The molecule has 0 fully saturated rings. The fourth-order valence-electron chi connectivity index (χ4n) is 2.13. The summed E-state index contributed by atoms with van der Waals surface area (Å²) in [5, 5.41) is 2.87. The van der Waals surface area contributed by atoms with Crippen LogP contribution in [-0.4, -0.2) is 19.6 Å². The first-order chi connectivity index (χ1) is 9.79. The van der Waals surface area contributed by atoms with E-state index in [1.54, 1.807) is 7.11 Å². The van der Waals surface area contributed by atoms with Gasteiger partial charge in [-0.25, -0.2) is 0 Å². The van der Waals surface area contributed by atoms with Gasteiger partial charge in [-0.3, -0.25) is 4.79 Å². The largest absolute Gasteiger partial charge is 0.497 e. The summed E-state index contributed by atoms with van der Waals surface area (Å²) in [6.45, 7) is 0.394. The molecular formula is C17H19NO2. The molecule has 0 bridgehead atoms. The first-order valence-corrected chi connectivity index (χ1v) is 6.85. The Labute approximate surface area is 120 Å². The van der Waals surface area contributed by atoms with E-state index in [2.05, 4.69) is 29.3 Å². The summed E-state index contributed by atoms with van der Waals surface area (Å²) < 4.78 is 5.08. The zero-order valence-corrected chi connectivity index (χ0v) is 11.7. The van der Waals surface area contributed by atoms with Gasteiger partial charge in [0.2, 0.25) is 5.91 Å². The van der Waals surface area contributed by atoms with Crippen LogP contribution in [0.2, 0.25) is 0 Å². The zero-order valence-electron chi connectivity index (χ0n) is 11.7. The maximum Gasteiger partial charge on any atom is 0.224 e. The Bertz CT molecular complexity index is 534. The summed E-state index contributed by atoms with van der Waals surface area (Å²) in [6, 6.07) is 7.55. The molecule has 1 unspecified atom stereocenters. The van der Waals surface area contributed by atoms with Crippen LogP contribution in [0.1, 0.15) is 24.8 Å². The molecule has 0 saturated heterocycles. The minimum atomic E-state index is 0.110. The maximum atomic E-state index is 11.9. The summed E-state index contributed by atoms with van der Waals surface area (Å²) in [4.78, 5) is 11.9. The van der Waals surface area contributed by atoms with E-state index in [4.69, 9.17) is 4.74 Å². The van der Waals surface area contributed by atoms with Crippen LogP contribution in [-0.2, 0) is 4.79 Å². The van der Waals surface area contributed by atoms with Crippen LogP contribution in [0.4, 0.5) is 0 Å². The van der Waals surface area contributed by atoms with E-state index in [1.807, 2.05) is 24.3 Å². The number of benzene rings is 1. The minimum Gasteiger partial charge on any atom is -0.497 e. The summed E-state index contributed by atoms with van der Waals surface area (Å²) >= 11 is 0. The molecule has 1 N–H and O–H groups in total. The summed E-state index contributed by atoms with van der Waals surface area (Å²) in [5.74, 6) is 7.03. The molecule has 1 aliphatic rings. The van der Waals surface area contributed by atoms with Gasteiger partial charge in [-0.2, -0.15) is 0 Å². The van der Waals surface area contributed by atoms with Gasteiger partial charge in [0.15, 0.2) is 0 Å². The fourth-order valence-corrected chi connectivity index (χ4v) is 2.13. The van der Waals surface area contributed by atoms with Crippen LogP contribution in [0.25, 0.3) is 0 Å². The number of carbonyl (C=O) groups is 1. The number of hydrogen-bond donors (Lipinski definition) is 1. The number of allylic oxidation sites excluding steroid dienone is 2. The van der Waals surface area contributed by atoms with Crippen LogP contribution >= 0.6 is 0 Å². The highest BCUT2D eigenvalue weighted by Gasteiger charge is 2.17. The van der Waals surface area contributed by atoms with Crippen LogP contribution < -0.4 is 10.1 Å². The zero-order chi connectivity index (χ0) is 14.2. The Morgan fingerprint density at radius 3 is 2.80 bits per heavy atom. The van der Waals surface area contributed by atoms with E-state index in [0.29, 0.717) is 6.54 Å². The molecule has 0 spiro atoms. The van der Waals surface area contributed by atoms with Crippen molar-refractivity contribution in [3.63, 3.8) is 0 Å². The van der Waals surface area contributed by atoms with Crippen molar-refractivity contribution >= 4 is 5.91 Å². The molecule has 0 saturated carbocycles. The number of amides is 1. The number of carbonyl (C=O) groups excluding carboxylic acids is 1. The Hall–Kier alpha value is -2.21. The van der Waals surface area contributed by atoms with Crippen molar-refractivity contribution in [2.45, 2.75) is 19.3 Å². The maximum absolute atomic E-state index is 11.9. The van der Waals surface area contributed by atoms with Gasteiger partial charge in [0.1, 0.15) is 5.75 Å². The molecule has 0 radical (unpaired) electrons. The van der Waals surface area contributed by atoms with Crippen molar-refractivity contribution in [2.24, 2.45) is 5.92 Å². The Kier molecular flexibility index (Phi) is 5.25. The van der Waals surface area contributed by atoms with E-state index in [0.717, 1.165) is 30.6 Å². The molecular weight excluding hydrogens is 250 g/mol. The number of nitrogens with one attached hydrogen (secondary N) is 1. The molecule has 0 aromatic heterocycles. The Morgan fingerprint density at radius 1 is 1.35 bits per heavy atom. The normalized spacial score (nSPS) is 16.9. The Balaban J connectivity index is 1.79. The van der Waals surface area contributed by atoms with Crippen molar-refractivity contribution in [2.75, 3.05) is 13.7 Å². The SMILES string of the molecule is COc1ccc(C#CCNC(=O)C2CC=CCC2)cc1. The van der Waals surface area contributed by atoms with Crippen LogP contribution in [0, 0.1) is 17.8 Å². The first-order valence-electron chi connectivity index (χ1n) is 6.85. The van der Waals surface area contributed by atoms with Crippen molar-refractivity contribution in [1.29, 1.82) is 0 Å². The van der Waals surface area contributed by atoms with Crippen LogP contribution in [0.3, 0.4) is 0 Å². The standard InChI is InChI=1S/C17H19NO2/c1-20-16-11-9-14(10-12-16)6-5-13-18-17(19)15-7-3-2-4-8-15/h2-3,9-12,15H,4,7-8,13H2,1H3,(H,18,19). The minimum absolute atomic E-state index is 0.110. The van der Waals surface area contributed by atoms with Gasteiger partial charge in [-0.1, -0.05) is 24.0 Å². The molecule has 1 atom stereocenters. The van der Waals surface area contributed by atoms with Crippen molar-refractivity contribution < 1.29 is 9.53 Å². The molecule has 1 amide bonds. The van der Waals surface area contributed by atoms with E-state index in [-0.39, 0.29) is 11.8 Å². The van der Waals surface area contributed by atoms with Crippen LogP contribution in [0.5, 0.6) is 5.75 Å². The highest BCUT2D eigenvalue weighted by molar-refractivity contribution is 5.79. The highest BCUT2D eigenvalue weighted by Crippen LogP contribution is 2.17. The lowest BCUT2D eigenvalue weighted by molar-refractivity contribution is -0.124. The van der Waals surface area contributed by atoms with Gasteiger partial charge < -0.3 is 10.1 Å². The second-order valence-electron chi connectivity index (χ2n) is 4.73. The molecule has 1 aromatic rings. The van der Waals surface area contributed by atoms with E-state index >= 15 is 0 Å². The molecule has 1 aromatic carbocycles. The van der Waals surface area contributed by atoms with E-state index < -0.39 is 0 Å². The lowest BCUT2D eigenvalue weighted by Gasteiger charge is -2.16. The monoisotopic (exact) mass is 269 g/mol. The number of rotatable bonds is 3. The molecule has 3 heteroatoms. The third-order valence-electron chi connectivity index (χ3n) is 3.31. The molecule has 0 heterocycles. The van der Waals surface area contributed by atoms with Gasteiger partial charge >= 0.3 is 0 Å². The molecule has 1 aliphatic carbocycles. The summed E-state index contributed by atoms with van der Waals surface area (Å²) in [6.07, 6.45) is 6.99. The lowest BCUT2D eigenvalue weighted by Crippen LogP contribution is -2.31. The third-order valence-corrected chi connectivity index (χ3v) is 3.31. The average molecular weight is 269 g/mol. The highest BCUT2D eigenvalue weighted by atomic mass is 16.5. The number of methoxy groups -OCH3 is 1. The predicted molar refractivity (Wildman–Crippen MR) is 79.4 cm³/mol. The summed E-state index contributed by atoms with van der Waals surface area (Å²) in [5.41, 5.74) is 0.917. The van der Waals surface area contributed by atoms with Gasteiger partial charge in [0.05, 0.1) is 13.7 Å². The van der Waals surface area contributed by atoms with Gasteiger partial charge in [0, 0.05) is 11.5 Å². The van der Waals surface area contributed by atoms with E-state index in [1.165, 1.54) is 0 Å². The topological polar surface area (TPSA) is 38.3 Å². The van der Waals surface area contributed by atoms with Crippen molar-refractivity contribution in [3.8, 4) is 17.6 Å². The van der Waals surface area contributed by atoms with Crippen molar-refractivity contribution in [1.82, 2.24) is 5.32 Å². The second-order valence-corrected chi connectivity index (χ2v) is 4.73. The number of hydrogen-bond acceptors (Lipinski definition) is 2. The predicted octanol–water partition coefficient (Wildman–Crippen LogP) is 2.52.